The van der Waals surface area contributed by atoms with Crippen molar-refractivity contribution in [2.45, 2.75) is 18.4 Å². The van der Waals surface area contributed by atoms with E-state index >= 15 is 0 Å². The lowest BCUT2D eigenvalue weighted by Crippen LogP contribution is -2.12. The summed E-state index contributed by atoms with van der Waals surface area (Å²) in [6, 6.07) is 12.6. The van der Waals surface area contributed by atoms with Crippen molar-refractivity contribution in [2.24, 2.45) is 0 Å². The van der Waals surface area contributed by atoms with Gasteiger partial charge in [-0.05, 0) is 31.2 Å². The number of pyridine rings is 1. The third-order valence-electron chi connectivity index (χ3n) is 3.14. The molecule has 0 atom stereocenters. The van der Waals surface area contributed by atoms with E-state index < -0.39 is 5.97 Å². The minimum absolute atomic E-state index is 0.0462. The molecular weight excluding hydrogens is 360 g/mol. The van der Waals surface area contributed by atoms with Gasteiger partial charge in [-0.1, -0.05) is 35.5 Å². The second-order valence-corrected chi connectivity index (χ2v) is 6.38. The Morgan fingerprint density at radius 3 is 2.60 bits per heavy atom. The summed E-state index contributed by atoms with van der Waals surface area (Å²) in [4.78, 5) is 27.6. The molecule has 0 saturated heterocycles. The fourth-order valence-corrected chi connectivity index (χ4v) is 2.95. The van der Waals surface area contributed by atoms with Crippen molar-refractivity contribution in [2.75, 3.05) is 12.4 Å². The van der Waals surface area contributed by atoms with Gasteiger partial charge in [0.15, 0.2) is 5.78 Å². The van der Waals surface area contributed by atoms with Gasteiger partial charge in [-0.15, -0.1) is 0 Å². The molecule has 0 fully saturated rings. The largest absolute Gasteiger partial charge is 0.466 e. The van der Waals surface area contributed by atoms with E-state index in [0.29, 0.717) is 21.3 Å². The van der Waals surface area contributed by atoms with Crippen LogP contribution in [0.25, 0.3) is 11.3 Å². The van der Waals surface area contributed by atoms with Crippen LogP contribution in [0.1, 0.15) is 18.9 Å². The summed E-state index contributed by atoms with van der Waals surface area (Å²) >= 11 is 7.02. The van der Waals surface area contributed by atoms with Crippen LogP contribution in [0.2, 0.25) is 5.02 Å². The van der Waals surface area contributed by atoms with Gasteiger partial charge in [0.2, 0.25) is 0 Å². The van der Waals surface area contributed by atoms with Gasteiger partial charge in [-0.2, -0.15) is 5.26 Å². The van der Waals surface area contributed by atoms with Gasteiger partial charge < -0.3 is 4.74 Å². The van der Waals surface area contributed by atoms with Gasteiger partial charge in [0, 0.05) is 10.6 Å². The second kappa shape index (κ2) is 9.21. The zero-order valence-electron chi connectivity index (χ0n) is 13.5. The molecule has 25 heavy (non-hydrogen) atoms. The Balaban J connectivity index is 2.12. The van der Waals surface area contributed by atoms with E-state index in [1.807, 2.05) is 12.1 Å². The number of rotatable bonds is 7. The second-order valence-electron chi connectivity index (χ2n) is 4.98. The number of benzene rings is 1. The molecule has 0 amide bonds. The first-order valence-electron chi connectivity index (χ1n) is 7.50. The van der Waals surface area contributed by atoms with Crippen LogP contribution in [-0.2, 0) is 14.3 Å². The van der Waals surface area contributed by atoms with E-state index in [4.69, 9.17) is 16.3 Å². The number of Topliss-reactive ketones (excluding diaryl/α,β-unsaturated/α-hetero) is 1. The summed E-state index contributed by atoms with van der Waals surface area (Å²) in [6.45, 7) is 1.92. The minimum Gasteiger partial charge on any atom is -0.466 e. The predicted molar refractivity (Wildman–Crippen MR) is 96.4 cm³/mol. The third kappa shape index (κ3) is 5.59. The van der Waals surface area contributed by atoms with Gasteiger partial charge in [0.25, 0.3) is 0 Å². The first-order chi connectivity index (χ1) is 12.0. The van der Waals surface area contributed by atoms with Crippen LogP contribution in [0.4, 0.5) is 0 Å². The normalized spacial score (nSPS) is 10.1. The lowest BCUT2D eigenvalue weighted by Gasteiger charge is -2.07. The number of nitriles is 1. The van der Waals surface area contributed by atoms with Crippen molar-refractivity contribution in [1.29, 1.82) is 5.26 Å². The fraction of sp³-hybridized carbons (Fsp3) is 0.222. The van der Waals surface area contributed by atoms with Crippen molar-refractivity contribution >= 4 is 35.1 Å². The first-order valence-corrected chi connectivity index (χ1v) is 8.87. The highest BCUT2D eigenvalue weighted by molar-refractivity contribution is 8.00. The number of ketones is 1. The van der Waals surface area contributed by atoms with Crippen molar-refractivity contribution in [3.05, 3.63) is 47.0 Å². The van der Waals surface area contributed by atoms with E-state index in [0.717, 1.165) is 17.3 Å². The molecule has 128 valence electrons. The lowest BCUT2D eigenvalue weighted by atomic mass is 10.1. The van der Waals surface area contributed by atoms with Crippen LogP contribution in [0.15, 0.2) is 41.4 Å². The summed E-state index contributed by atoms with van der Waals surface area (Å²) in [5.74, 6) is -0.771. The number of carbonyl (C=O) groups excluding carboxylic acids is 2. The Morgan fingerprint density at radius 2 is 1.96 bits per heavy atom. The average Bonchev–Trinajstić information content (AvgIpc) is 2.60. The molecule has 0 aliphatic rings. The zero-order valence-corrected chi connectivity index (χ0v) is 15.1. The maximum atomic E-state index is 11.8. The summed E-state index contributed by atoms with van der Waals surface area (Å²) in [5.41, 5.74) is 1.91. The van der Waals surface area contributed by atoms with Crippen molar-refractivity contribution in [3.63, 3.8) is 0 Å². The molecule has 1 aromatic heterocycles. The Morgan fingerprint density at radius 1 is 1.24 bits per heavy atom. The van der Waals surface area contributed by atoms with Crippen LogP contribution >= 0.6 is 23.4 Å². The Hall–Kier alpha value is -2.36. The number of hydrogen-bond donors (Lipinski definition) is 0. The number of halogens is 1. The SMILES string of the molecule is CCOC(=O)CC(=O)CSc1nc(-c2ccc(Cl)cc2)ccc1C#N. The third-order valence-corrected chi connectivity index (χ3v) is 4.44. The average molecular weight is 375 g/mol. The first kappa shape index (κ1) is 19.0. The van der Waals surface area contributed by atoms with Crippen LogP contribution in [0.5, 0.6) is 0 Å². The van der Waals surface area contributed by atoms with Crippen LogP contribution in [0.3, 0.4) is 0 Å². The predicted octanol–water partition coefficient (Wildman–Crippen LogP) is 3.89. The molecule has 0 radical (unpaired) electrons. The summed E-state index contributed by atoms with van der Waals surface area (Å²) < 4.78 is 4.75. The summed E-state index contributed by atoms with van der Waals surface area (Å²) in [7, 11) is 0. The van der Waals surface area contributed by atoms with E-state index in [-0.39, 0.29) is 24.6 Å². The topological polar surface area (TPSA) is 80.1 Å². The van der Waals surface area contributed by atoms with Gasteiger partial charge >= 0.3 is 5.97 Å². The number of ether oxygens (including phenoxy) is 1. The number of thioether (sulfide) groups is 1. The van der Waals surface area contributed by atoms with E-state index in [1.165, 1.54) is 0 Å². The summed E-state index contributed by atoms with van der Waals surface area (Å²) in [6.07, 6.45) is -0.278. The highest BCUT2D eigenvalue weighted by atomic mass is 35.5. The van der Waals surface area contributed by atoms with Gasteiger partial charge in [0.1, 0.15) is 17.5 Å². The quantitative estimate of drug-likeness (QED) is 0.415. The molecule has 0 N–H and O–H groups in total. The molecule has 7 heteroatoms. The molecule has 0 aliphatic heterocycles. The number of aromatic nitrogens is 1. The fourth-order valence-electron chi connectivity index (χ4n) is 1.99. The minimum atomic E-state index is -0.545. The standard InChI is InChI=1S/C18H15ClN2O3S/c1-2-24-17(23)9-15(22)11-25-18-13(10-20)5-8-16(21-18)12-3-6-14(19)7-4-12/h3-8H,2,9,11H2,1H3. The number of esters is 1. The van der Waals surface area contributed by atoms with Gasteiger partial charge in [-0.25, -0.2) is 4.98 Å². The van der Waals surface area contributed by atoms with Crippen LogP contribution in [-0.4, -0.2) is 29.1 Å². The maximum Gasteiger partial charge on any atom is 0.313 e. The maximum absolute atomic E-state index is 11.8. The highest BCUT2D eigenvalue weighted by Gasteiger charge is 2.14. The Labute approximate surface area is 155 Å². The number of nitrogens with zero attached hydrogens (tertiary/aromatic N) is 2. The number of hydrogen-bond acceptors (Lipinski definition) is 6. The van der Waals surface area contributed by atoms with Crippen LogP contribution in [0, 0.1) is 11.3 Å². The van der Waals surface area contributed by atoms with Gasteiger partial charge in [-0.3, -0.25) is 9.59 Å². The van der Waals surface area contributed by atoms with Crippen molar-refractivity contribution in [3.8, 4) is 17.3 Å². The molecule has 0 bridgehead atoms. The molecule has 0 unspecified atom stereocenters. The summed E-state index contributed by atoms with van der Waals surface area (Å²) in [5, 5.41) is 10.3. The molecule has 0 spiro atoms. The molecule has 1 heterocycles. The highest BCUT2D eigenvalue weighted by Crippen LogP contribution is 2.26. The van der Waals surface area contributed by atoms with E-state index in [9.17, 15) is 14.9 Å². The molecular formula is C18H15ClN2O3S. The monoisotopic (exact) mass is 374 g/mol. The van der Waals surface area contributed by atoms with Crippen molar-refractivity contribution in [1.82, 2.24) is 4.98 Å². The van der Waals surface area contributed by atoms with E-state index in [1.54, 1.807) is 31.2 Å². The number of carbonyl (C=O) groups is 2. The Bertz CT molecular complexity index is 816. The lowest BCUT2D eigenvalue weighted by molar-refractivity contribution is -0.145. The molecule has 1 aromatic carbocycles. The molecule has 2 rings (SSSR count). The van der Waals surface area contributed by atoms with E-state index in [2.05, 4.69) is 11.1 Å². The smallest absolute Gasteiger partial charge is 0.313 e. The van der Waals surface area contributed by atoms with Crippen LogP contribution < -0.4 is 0 Å². The molecule has 5 nitrogen and oxygen atoms in total. The van der Waals surface area contributed by atoms with Crippen molar-refractivity contribution < 1.29 is 14.3 Å². The Kier molecular flexibility index (Phi) is 6.99. The molecule has 2 aromatic rings. The molecule has 0 saturated carbocycles. The molecule has 0 aliphatic carbocycles. The zero-order chi connectivity index (χ0) is 18.2. The van der Waals surface area contributed by atoms with Gasteiger partial charge in [0.05, 0.1) is 23.6 Å².